The van der Waals surface area contributed by atoms with Gasteiger partial charge < -0.3 is 31.9 Å². The van der Waals surface area contributed by atoms with Crippen LogP contribution >= 0.6 is 0 Å². The minimum absolute atomic E-state index is 0.128. The normalized spacial score (nSPS) is 12.5. The van der Waals surface area contributed by atoms with Gasteiger partial charge in [0.1, 0.15) is 0 Å². The highest BCUT2D eigenvalue weighted by Gasteiger charge is 2.10. The summed E-state index contributed by atoms with van der Waals surface area (Å²) in [5.74, 6) is 0.267. The van der Waals surface area contributed by atoms with Crippen molar-refractivity contribution in [2.24, 2.45) is 0 Å². The van der Waals surface area contributed by atoms with Gasteiger partial charge in [0.25, 0.3) is 0 Å². The van der Waals surface area contributed by atoms with Gasteiger partial charge in [0, 0.05) is 83.3 Å². The molecule has 6 N–H and O–H groups in total. The molecule has 300 valence electrons. The number of amides is 4. The molecule has 6 aromatic rings. The molecular weight excluding hydrogens is 757 g/mol. The lowest BCUT2D eigenvalue weighted by molar-refractivity contribution is -0.116. The standard InChI is InChI=1S/C24H23N5O2.C22H19N5O2/c1-3-7-22(30)26-18-10-5-9-17(15-18)21-13-14-25-24(29-21)28-20-12-6-11-19(16-20)27-23(31)8-4-2;28-20-9-1-2-10-21(29)25-17-7-4-8-18(14-17)26-22-23-12-11-19(27-22)15-5-3-6-16(13-15)24-20/h3-6,9-16H,1-2,7-8H2,(H,26,30)(H,27,31)(H,25,28,29);1-8,11-14H,9-10H2,(H,24,28)(H,25,29)(H,23,26,27)/b;2-1+. The molecule has 14 heteroatoms. The zero-order chi connectivity index (χ0) is 42.1. The fraction of sp³-hybridized carbons (Fsp3) is 0.0870. The minimum atomic E-state index is -0.161. The van der Waals surface area contributed by atoms with Crippen LogP contribution in [0.15, 0.2) is 159 Å². The van der Waals surface area contributed by atoms with Gasteiger partial charge in [0.2, 0.25) is 35.5 Å². The van der Waals surface area contributed by atoms with E-state index in [4.69, 9.17) is 0 Å². The van der Waals surface area contributed by atoms with Crippen molar-refractivity contribution in [3.05, 3.63) is 159 Å². The van der Waals surface area contributed by atoms with E-state index in [2.05, 4.69) is 65.0 Å². The van der Waals surface area contributed by atoms with Crippen LogP contribution in [0, 0.1) is 0 Å². The van der Waals surface area contributed by atoms with E-state index in [1.54, 1.807) is 61.0 Å². The van der Waals surface area contributed by atoms with Crippen molar-refractivity contribution < 1.29 is 19.2 Å². The van der Waals surface area contributed by atoms with Crippen molar-refractivity contribution in [1.82, 2.24) is 19.9 Å². The fourth-order valence-corrected chi connectivity index (χ4v) is 5.77. The molecule has 60 heavy (non-hydrogen) atoms. The Bertz CT molecular complexity index is 2560. The van der Waals surface area contributed by atoms with Gasteiger partial charge >= 0.3 is 0 Å². The smallest absolute Gasteiger partial charge is 0.228 e. The molecule has 7 rings (SSSR count). The molecule has 1 aliphatic rings. The number of fused-ring (bicyclic) bond motifs is 7. The van der Waals surface area contributed by atoms with Crippen LogP contribution in [0.25, 0.3) is 22.5 Å². The molecule has 4 amide bonds. The zero-order valence-corrected chi connectivity index (χ0v) is 32.5. The summed E-state index contributed by atoms with van der Waals surface area (Å²) in [6.45, 7) is 7.13. The molecule has 0 saturated heterocycles. The molecule has 0 saturated carbocycles. The number of carbonyl (C=O) groups is 4. The van der Waals surface area contributed by atoms with E-state index in [9.17, 15) is 19.2 Å². The molecule has 0 atom stereocenters. The summed E-state index contributed by atoms with van der Waals surface area (Å²) in [4.78, 5) is 65.5. The third-order valence-corrected chi connectivity index (χ3v) is 8.43. The van der Waals surface area contributed by atoms with Gasteiger partial charge in [0.05, 0.1) is 11.4 Å². The Morgan fingerprint density at radius 3 is 1.77 bits per heavy atom. The van der Waals surface area contributed by atoms with E-state index in [1.165, 1.54) is 0 Å². The maximum absolute atomic E-state index is 12.2. The van der Waals surface area contributed by atoms with Crippen molar-refractivity contribution in [3.63, 3.8) is 0 Å². The highest BCUT2D eigenvalue weighted by Crippen LogP contribution is 2.26. The Labute approximate surface area is 347 Å². The lowest BCUT2D eigenvalue weighted by Crippen LogP contribution is -2.11. The molecule has 1 aliphatic heterocycles. The summed E-state index contributed by atoms with van der Waals surface area (Å²) in [5, 5.41) is 17.6. The van der Waals surface area contributed by atoms with Crippen LogP contribution in [-0.2, 0) is 19.2 Å². The Morgan fingerprint density at radius 2 is 1.10 bits per heavy atom. The lowest BCUT2D eigenvalue weighted by atomic mass is 10.1. The van der Waals surface area contributed by atoms with Crippen LogP contribution in [-0.4, -0.2) is 43.6 Å². The van der Waals surface area contributed by atoms with Crippen LogP contribution in [0.4, 0.5) is 46.0 Å². The van der Waals surface area contributed by atoms with Gasteiger partial charge in [-0.05, 0) is 72.8 Å². The summed E-state index contributed by atoms with van der Waals surface area (Å²) in [5.41, 5.74) is 7.32. The second-order valence-electron chi connectivity index (χ2n) is 13.2. The summed E-state index contributed by atoms with van der Waals surface area (Å²) in [6, 6.07) is 33.1. The number of benzene rings is 4. The molecule has 6 bridgehead atoms. The first-order valence-corrected chi connectivity index (χ1v) is 18.9. The van der Waals surface area contributed by atoms with Crippen LogP contribution in [0.5, 0.6) is 0 Å². The number of nitrogens with one attached hydrogen (secondary N) is 6. The number of carbonyl (C=O) groups excluding carboxylic acids is 4. The van der Waals surface area contributed by atoms with Crippen molar-refractivity contribution in [3.8, 4) is 22.5 Å². The van der Waals surface area contributed by atoms with Gasteiger partial charge in [0.15, 0.2) is 0 Å². The third kappa shape index (κ3) is 12.6. The topological polar surface area (TPSA) is 192 Å². The van der Waals surface area contributed by atoms with Gasteiger partial charge in [-0.2, -0.15) is 0 Å². The van der Waals surface area contributed by atoms with Crippen LogP contribution in [0.3, 0.4) is 0 Å². The monoisotopic (exact) mass is 798 g/mol. The van der Waals surface area contributed by atoms with Crippen molar-refractivity contribution >= 4 is 69.6 Å². The summed E-state index contributed by atoms with van der Waals surface area (Å²) in [7, 11) is 0. The van der Waals surface area contributed by atoms with Crippen LogP contribution in [0.2, 0.25) is 0 Å². The average Bonchev–Trinajstić information content (AvgIpc) is 3.23. The number of rotatable bonds is 9. The van der Waals surface area contributed by atoms with E-state index in [0.717, 1.165) is 28.2 Å². The first kappa shape index (κ1) is 41.4. The molecule has 0 spiro atoms. The van der Waals surface area contributed by atoms with E-state index in [0.29, 0.717) is 40.3 Å². The zero-order valence-electron chi connectivity index (χ0n) is 32.5. The fourth-order valence-electron chi connectivity index (χ4n) is 5.77. The van der Waals surface area contributed by atoms with Crippen molar-refractivity contribution in [2.45, 2.75) is 25.7 Å². The highest BCUT2D eigenvalue weighted by molar-refractivity contribution is 5.95. The second kappa shape index (κ2) is 20.8. The number of anilines is 8. The van der Waals surface area contributed by atoms with Crippen molar-refractivity contribution in [2.75, 3.05) is 31.9 Å². The lowest BCUT2D eigenvalue weighted by Gasteiger charge is -2.10. The van der Waals surface area contributed by atoms with E-state index < -0.39 is 0 Å². The average molecular weight is 799 g/mol. The Kier molecular flexibility index (Phi) is 14.3. The maximum Gasteiger partial charge on any atom is 0.228 e. The van der Waals surface area contributed by atoms with Crippen molar-refractivity contribution in [1.29, 1.82) is 0 Å². The highest BCUT2D eigenvalue weighted by atomic mass is 16.2. The van der Waals surface area contributed by atoms with Crippen LogP contribution in [0.1, 0.15) is 25.7 Å². The predicted molar refractivity (Wildman–Crippen MR) is 237 cm³/mol. The van der Waals surface area contributed by atoms with E-state index in [1.807, 2.05) is 84.9 Å². The molecule has 0 fully saturated rings. The molecule has 2 aromatic heterocycles. The molecule has 0 radical (unpaired) electrons. The SMILES string of the molecule is C=CCC(=O)Nc1cccc(Nc2nccc(-c3cccc(NC(=O)CC=C)c3)n2)c1.O=C1C/C=C/CC(=O)Nc2cccc(c2)-c2ccnc(n2)Nc2cccc(c2)N1. The largest absolute Gasteiger partial charge is 0.326 e. The summed E-state index contributed by atoms with van der Waals surface area (Å²) < 4.78 is 0. The van der Waals surface area contributed by atoms with Gasteiger partial charge in [-0.1, -0.05) is 60.7 Å². The van der Waals surface area contributed by atoms with E-state index >= 15 is 0 Å². The Hall–Kier alpha value is -8.26. The van der Waals surface area contributed by atoms with Crippen LogP contribution < -0.4 is 31.9 Å². The second-order valence-corrected chi connectivity index (χ2v) is 13.2. The molecule has 3 heterocycles. The predicted octanol–water partition coefficient (Wildman–Crippen LogP) is 9.03. The van der Waals surface area contributed by atoms with Gasteiger partial charge in [-0.3, -0.25) is 19.2 Å². The molecule has 14 nitrogen and oxygen atoms in total. The molecule has 0 unspecified atom stereocenters. The first-order valence-electron chi connectivity index (χ1n) is 18.9. The summed E-state index contributed by atoms with van der Waals surface area (Å²) in [6.07, 6.45) is 10.7. The number of nitrogens with zero attached hydrogens (tertiary/aromatic N) is 4. The Balaban J connectivity index is 0.000000202. The number of aromatic nitrogens is 4. The maximum atomic E-state index is 12.2. The number of hydrogen-bond acceptors (Lipinski definition) is 10. The minimum Gasteiger partial charge on any atom is -0.326 e. The van der Waals surface area contributed by atoms with Gasteiger partial charge in [-0.25, -0.2) is 19.9 Å². The van der Waals surface area contributed by atoms with E-state index in [-0.39, 0.29) is 49.3 Å². The summed E-state index contributed by atoms with van der Waals surface area (Å²) >= 11 is 0. The molecule has 4 aromatic carbocycles. The van der Waals surface area contributed by atoms with Gasteiger partial charge in [-0.15, -0.1) is 13.2 Å². The molecule has 0 aliphatic carbocycles. The third-order valence-electron chi connectivity index (χ3n) is 8.43. The number of hydrogen-bond donors (Lipinski definition) is 6. The Morgan fingerprint density at radius 1 is 0.583 bits per heavy atom. The molecular formula is C46H42N10O4. The first-order chi connectivity index (χ1) is 29.2. The quantitative estimate of drug-likeness (QED) is 0.0769.